The zero-order chi connectivity index (χ0) is 17.8. The van der Waals surface area contributed by atoms with Crippen molar-refractivity contribution in [2.24, 2.45) is 5.41 Å². The van der Waals surface area contributed by atoms with E-state index in [1.54, 1.807) is 0 Å². The fraction of sp³-hybridized carbons (Fsp3) is 0.524. The van der Waals surface area contributed by atoms with Gasteiger partial charge in [-0.05, 0) is 31.4 Å². The normalized spacial score (nSPS) is 24.3. The molecular formula is C21H28N4O. The van der Waals surface area contributed by atoms with Crippen molar-refractivity contribution in [1.82, 2.24) is 19.4 Å². The molecule has 2 aliphatic heterocycles. The molecule has 3 heterocycles. The first-order chi connectivity index (χ1) is 12.7. The zero-order valence-electron chi connectivity index (χ0n) is 15.4. The summed E-state index contributed by atoms with van der Waals surface area (Å²) >= 11 is 0. The number of likely N-dealkylation sites (tertiary alicyclic amines) is 2. The Labute approximate surface area is 155 Å². The predicted octanol–water partition coefficient (Wildman–Crippen LogP) is 2.79. The molecule has 1 aromatic carbocycles. The molecule has 0 N–H and O–H groups in total. The van der Waals surface area contributed by atoms with Gasteiger partial charge in [0.2, 0.25) is 5.91 Å². The van der Waals surface area contributed by atoms with E-state index in [4.69, 9.17) is 0 Å². The molecule has 2 saturated heterocycles. The Balaban J connectivity index is 1.39. The van der Waals surface area contributed by atoms with Gasteiger partial charge in [0.15, 0.2) is 0 Å². The monoisotopic (exact) mass is 352 g/mol. The lowest BCUT2D eigenvalue weighted by Crippen LogP contribution is -2.54. The van der Waals surface area contributed by atoms with E-state index in [2.05, 4.69) is 43.6 Å². The van der Waals surface area contributed by atoms with Crippen molar-refractivity contribution < 1.29 is 4.79 Å². The van der Waals surface area contributed by atoms with Crippen LogP contribution in [0.2, 0.25) is 0 Å². The maximum atomic E-state index is 12.5. The van der Waals surface area contributed by atoms with Gasteiger partial charge in [0, 0.05) is 57.0 Å². The van der Waals surface area contributed by atoms with E-state index < -0.39 is 0 Å². The second-order valence-electron chi connectivity index (χ2n) is 7.92. The van der Waals surface area contributed by atoms with Crippen molar-refractivity contribution in [2.45, 2.75) is 38.8 Å². The molecule has 5 heteroatoms. The molecule has 0 aliphatic carbocycles. The summed E-state index contributed by atoms with van der Waals surface area (Å²) in [5, 5.41) is 0. The minimum atomic E-state index is 0.274. The average molecular weight is 352 g/mol. The highest BCUT2D eigenvalue weighted by Crippen LogP contribution is 2.39. The molecule has 1 spiro atoms. The molecule has 5 nitrogen and oxygen atoms in total. The number of imidazole rings is 1. The van der Waals surface area contributed by atoms with Crippen LogP contribution in [0.3, 0.4) is 0 Å². The number of carbonyl (C=O) groups is 1. The Morgan fingerprint density at radius 3 is 2.77 bits per heavy atom. The van der Waals surface area contributed by atoms with E-state index in [0.717, 1.165) is 39.1 Å². The Morgan fingerprint density at radius 2 is 1.96 bits per heavy atom. The van der Waals surface area contributed by atoms with Gasteiger partial charge in [0.1, 0.15) is 0 Å². The Kier molecular flexibility index (Phi) is 5.07. The fourth-order valence-electron chi connectivity index (χ4n) is 4.56. The third-order valence-corrected chi connectivity index (χ3v) is 5.94. The molecule has 26 heavy (non-hydrogen) atoms. The Hall–Kier alpha value is -2.14. The van der Waals surface area contributed by atoms with Crippen molar-refractivity contribution >= 4 is 5.91 Å². The summed E-state index contributed by atoms with van der Waals surface area (Å²) < 4.78 is 2.15. The second-order valence-corrected chi connectivity index (χ2v) is 7.92. The van der Waals surface area contributed by atoms with E-state index in [0.29, 0.717) is 12.3 Å². The van der Waals surface area contributed by atoms with E-state index in [1.807, 2.05) is 24.8 Å². The third-order valence-electron chi connectivity index (χ3n) is 5.94. The van der Waals surface area contributed by atoms with Crippen LogP contribution in [0.4, 0.5) is 0 Å². The highest BCUT2D eigenvalue weighted by Gasteiger charge is 2.41. The Bertz CT molecular complexity index is 715. The number of piperidine rings is 2. The first-order valence-corrected chi connectivity index (χ1v) is 9.72. The quantitative estimate of drug-likeness (QED) is 0.831. The number of hydrogen-bond acceptors (Lipinski definition) is 3. The van der Waals surface area contributed by atoms with E-state index in [1.165, 1.54) is 24.9 Å². The first kappa shape index (κ1) is 17.3. The maximum Gasteiger partial charge on any atom is 0.222 e. The fourth-order valence-corrected chi connectivity index (χ4v) is 4.56. The minimum absolute atomic E-state index is 0.274. The number of amides is 1. The standard InChI is InChI=1S/C21H28N4O/c26-20-7-9-21(17-25(20)15-19-5-2-1-3-6-19)8-4-11-23(16-21)13-14-24-12-10-22-18-24/h1-3,5-6,10,12,18H,4,7-9,11,13-17H2/t21-/m0/s1. The molecule has 2 aromatic rings. The predicted molar refractivity (Wildman–Crippen MR) is 101 cm³/mol. The summed E-state index contributed by atoms with van der Waals surface area (Å²) in [5.41, 5.74) is 1.50. The number of carbonyl (C=O) groups excluding carboxylic acids is 1. The highest BCUT2D eigenvalue weighted by molar-refractivity contribution is 5.77. The van der Waals surface area contributed by atoms with Crippen LogP contribution in [-0.4, -0.2) is 51.4 Å². The molecular weight excluding hydrogens is 324 g/mol. The van der Waals surface area contributed by atoms with Crippen LogP contribution in [-0.2, 0) is 17.9 Å². The molecule has 0 radical (unpaired) electrons. The van der Waals surface area contributed by atoms with Crippen LogP contribution in [0.25, 0.3) is 0 Å². The maximum absolute atomic E-state index is 12.5. The molecule has 1 amide bonds. The number of hydrogen-bond donors (Lipinski definition) is 0. The van der Waals surface area contributed by atoms with E-state index in [9.17, 15) is 4.79 Å². The third kappa shape index (κ3) is 3.98. The number of aromatic nitrogens is 2. The van der Waals surface area contributed by atoms with Crippen molar-refractivity contribution in [3.63, 3.8) is 0 Å². The van der Waals surface area contributed by atoms with Gasteiger partial charge in [-0.2, -0.15) is 0 Å². The van der Waals surface area contributed by atoms with E-state index in [-0.39, 0.29) is 5.41 Å². The smallest absolute Gasteiger partial charge is 0.222 e. The van der Waals surface area contributed by atoms with Gasteiger partial charge in [-0.15, -0.1) is 0 Å². The second kappa shape index (κ2) is 7.62. The van der Waals surface area contributed by atoms with E-state index >= 15 is 0 Å². The molecule has 1 aromatic heterocycles. The van der Waals surface area contributed by atoms with Crippen LogP contribution in [0.15, 0.2) is 49.1 Å². The summed E-state index contributed by atoms with van der Waals surface area (Å²) in [6, 6.07) is 10.4. The van der Waals surface area contributed by atoms with Gasteiger partial charge in [-0.1, -0.05) is 30.3 Å². The van der Waals surface area contributed by atoms with Crippen molar-refractivity contribution in [3.05, 3.63) is 54.6 Å². The lowest BCUT2D eigenvalue weighted by molar-refractivity contribution is -0.140. The number of rotatable bonds is 5. The lowest BCUT2D eigenvalue weighted by Gasteiger charge is -2.48. The molecule has 0 unspecified atom stereocenters. The Morgan fingerprint density at radius 1 is 1.08 bits per heavy atom. The van der Waals surface area contributed by atoms with Crippen LogP contribution in [0.5, 0.6) is 0 Å². The van der Waals surface area contributed by atoms with Gasteiger partial charge in [0.05, 0.1) is 6.33 Å². The van der Waals surface area contributed by atoms with Crippen molar-refractivity contribution in [2.75, 3.05) is 26.2 Å². The summed E-state index contributed by atoms with van der Waals surface area (Å²) in [7, 11) is 0. The summed E-state index contributed by atoms with van der Waals surface area (Å²) in [6.45, 7) is 5.98. The van der Waals surface area contributed by atoms with Crippen molar-refractivity contribution in [1.29, 1.82) is 0 Å². The summed E-state index contributed by atoms with van der Waals surface area (Å²) in [4.78, 5) is 21.3. The highest BCUT2D eigenvalue weighted by atomic mass is 16.2. The average Bonchev–Trinajstić information content (AvgIpc) is 3.18. The molecule has 1 atom stereocenters. The SMILES string of the molecule is O=C1CC[C@]2(CCCN(CCn3ccnc3)C2)CN1Cc1ccccc1. The van der Waals surface area contributed by atoms with Crippen LogP contribution < -0.4 is 0 Å². The van der Waals surface area contributed by atoms with Gasteiger partial charge in [-0.25, -0.2) is 4.98 Å². The largest absolute Gasteiger partial charge is 0.338 e. The van der Waals surface area contributed by atoms with Gasteiger partial charge in [0.25, 0.3) is 0 Å². The summed E-state index contributed by atoms with van der Waals surface area (Å²) in [6.07, 6.45) is 9.97. The van der Waals surface area contributed by atoms with Crippen LogP contribution in [0, 0.1) is 5.41 Å². The molecule has 0 saturated carbocycles. The zero-order valence-corrected chi connectivity index (χ0v) is 15.4. The van der Waals surface area contributed by atoms with Crippen LogP contribution in [0.1, 0.15) is 31.2 Å². The van der Waals surface area contributed by atoms with Gasteiger partial charge in [-0.3, -0.25) is 4.79 Å². The molecule has 2 fully saturated rings. The lowest BCUT2D eigenvalue weighted by atomic mass is 9.73. The number of benzene rings is 1. The molecule has 138 valence electrons. The molecule has 0 bridgehead atoms. The summed E-state index contributed by atoms with van der Waals surface area (Å²) in [5.74, 6) is 0.315. The number of nitrogens with zero attached hydrogens (tertiary/aromatic N) is 4. The molecule has 2 aliphatic rings. The van der Waals surface area contributed by atoms with Crippen LogP contribution >= 0.6 is 0 Å². The molecule has 4 rings (SSSR count). The minimum Gasteiger partial charge on any atom is -0.338 e. The van der Waals surface area contributed by atoms with Crippen molar-refractivity contribution in [3.8, 4) is 0 Å². The van der Waals surface area contributed by atoms with Gasteiger partial charge >= 0.3 is 0 Å². The van der Waals surface area contributed by atoms with Gasteiger partial charge < -0.3 is 14.4 Å². The first-order valence-electron chi connectivity index (χ1n) is 9.72. The topological polar surface area (TPSA) is 41.4 Å².